The van der Waals surface area contributed by atoms with Gasteiger partial charge in [0.05, 0.1) is 16.3 Å². The Kier molecular flexibility index (Phi) is 4.35. The van der Waals surface area contributed by atoms with Crippen molar-refractivity contribution in [1.82, 2.24) is 9.80 Å². The van der Waals surface area contributed by atoms with Crippen molar-refractivity contribution in [2.45, 2.75) is 38.8 Å². The Bertz CT molecular complexity index is 793. The molecule has 4 nitrogen and oxygen atoms in total. The highest BCUT2D eigenvalue weighted by atomic mass is 32.1. The normalized spacial score (nSPS) is 22.0. The van der Waals surface area contributed by atoms with Crippen molar-refractivity contribution >= 4 is 23.2 Å². The molecule has 0 bridgehead atoms. The number of carbonyl (C=O) groups excluding carboxylic acids is 2. The fourth-order valence-electron chi connectivity index (χ4n) is 4.49. The van der Waals surface area contributed by atoms with Crippen LogP contribution in [-0.4, -0.2) is 40.7 Å². The van der Waals surface area contributed by atoms with Crippen molar-refractivity contribution in [3.8, 4) is 0 Å². The second-order valence-corrected chi connectivity index (χ2v) is 8.49. The fourth-order valence-corrected chi connectivity index (χ4v) is 5.18. The molecular formula is C21H24N2O2S. The molecule has 2 saturated heterocycles. The number of thiophene rings is 1. The van der Waals surface area contributed by atoms with E-state index in [0.717, 1.165) is 17.7 Å². The highest BCUT2D eigenvalue weighted by molar-refractivity contribution is 7.12. The molecule has 1 unspecified atom stereocenters. The van der Waals surface area contributed by atoms with Gasteiger partial charge in [0, 0.05) is 19.1 Å². The molecule has 2 amide bonds. The van der Waals surface area contributed by atoms with Gasteiger partial charge in [0.1, 0.15) is 0 Å². The molecule has 0 saturated carbocycles. The third-order valence-corrected chi connectivity index (χ3v) is 6.67. The molecule has 2 aliphatic heterocycles. The summed E-state index contributed by atoms with van der Waals surface area (Å²) in [6, 6.07) is 14.4. The van der Waals surface area contributed by atoms with Gasteiger partial charge >= 0.3 is 0 Å². The molecule has 5 heteroatoms. The van der Waals surface area contributed by atoms with Gasteiger partial charge in [0.15, 0.2) is 0 Å². The van der Waals surface area contributed by atoms with Gasteiger partial charge in [0.25, 0.3) is 5.91 Å². The quantitative estimate of drug-likeness (QED) is 0.770. The summed E-state index contributed by atoms with van der Waals surface area (Å²) in [6.07, 6.45) is 1.48. The van der Waals surface area contributed by atoms with E-state index in [9.17, 15) is 9.59 Å². The molecule has 2 fully saturated rings. The second kappa shape index (κ2) is 6.54. The number of piperidine rings is 1. The average molecular weight is 369 g/mol. The molecule has 1 atom stereocenters. The van der Waals surface area contributed by atoms with Gasteiger partial charge in [-0.3, -0.25) is 9.59 Å². The molecule has 3 heterocycles. The lowest BCUT2D eigenvalue weighted by Crippen LogP contribution is -2.68. The number of carbonyl (C=O) groups is 2. The number of amides is 2. The van der Waals surface area contributed by atoms with E-state index in [2.05, 4.69) is 26.0 Å². The lowest BCUT2D eigenvalue weighted by Gasteiger charge is -2.60. The predicted molar refractivity (Wildman–Crippen MR) is 103 cm³/mol. The molecule has 0 radical (unpaired) electrons. The molecular weight excluding hydrogens is 344 g/mol. The maximum Gasteiger partial charge on any atom is 0.263 e. The van der Waals surface area contributed by atoms with Crippen LogP contribution in [-0.2, 0) is 4.79 Å². The summed E-state index contributed by atoms with van der Waals surface area (Å²) >= 11 is 1.48. The van der Waals surface area contributed by atoms with Crippen LogP contribution >= 0.6 is 11.3 Å². The Labute approximate surface area is 158 Å². The standard InChI is InChI=1S/C21H24N2O2S/c1-15(2)23-18(16-7-4-3-5-8-16)21(20(23)25)10-12-22(13-11-21)19(24)17-9-6-14-26-17/h3-9,14-15,18H,10-13H2,1-2H3. The van der Waals surface area contributed by atoms with Gasteiger partial charge in [-0.25, -0.2) is 0 Å². The van der Waals surface area contributed by atoms with Crippen molar-refractivity contribution in [1.29, 1.82) is 0 Å². The minimum atomic E-state index is -0.349. The molecule has 0 aliphatic carbocycles. The highest BCUT2D eigenvalue weighted by Gasteiger charge is 2.62. The van der Waals surface area contributed by atoms with Gasteiger partial charge in [-0.1, -0.05) is 36.4 Å². The monoisotopic (exact) mass is 368 g/mol. The van der Waals surface area contributed by atoms with Crippen LogP contribution in [0, 0.1) is 5.41 Å². The average Bonchev–Trinajstić information content (AvgIpc) is 3.20. The van der Waals surface area contributed by atoms with E-state index < -0.39 is 0 Å². The van der Waals surface area contributed by atoms with Crippen LogP contribution in [0.3, 0.4) is 0 Å². The van der Waals surface area contributed by atoms with Crippen molar-refractivity contribution in [2.24, 2.45) is 5.41 Å². The topological polar surface area (TPSA) is 40.6 Å². The first kappa shape index (κ1) is 17.3. The summed E-state index contributed by atoms with van der Waals surface area (Å²) in [5.74, 6) is 0.350. The second-order valence-electron chi connectivity index (χ2n) is 7.55. The zero-order valence-electron chi connectivity index (χ0n) is 15.2. The lowest BCUT2D eigenvalue weighted by molar-refractivity contribution is -0.184. The summed E-state index contributed by atoms with van der Waals surface area (Å²) in [7, 11) is 0. The van der Waals surface area contributed by atoms with Crippen LogP contribution in [0.15, 0.2) is 47.8 Å². The molecule has 2 aliphatic rings. The summed E-state index contributed by atoms with van der Waals surface area (Å²) in [6.45, 7) is 5.46. The Balaban J connectivity index is 1.56. The van der Waals surface area contributed by atoms with Gasteiger partial charge in [0.2, 0.25) is 5.91 Å². The van der Waals surface area contributed by atoms with E-state index in [4.69, 9.17) is 0 Å². The maximum absolute atomic E-state index is 13.1. The maximum atomic E-state index is 13.1. The van der Waals surface area contributed by atoms with Gasteiger partial charge in [-0.2, -0.15) is 0 Å². The first-order valence-electron chi connectivity index (χ1n) is 9.25. The van der Waals surface area contributed by atoms with E-state index in [1.54, 1.807) is 0 Å². The van der Waals surface area contributed by atoms with Crippen molar-refractivity contribution in [2.75, 3.05) is 13.1 Å². The number of benzene rings is 1. The summed E-state index contributed by atoms with van der Waals surface area (Å²) in [4.78, 5) is 30.4. The molecule has 1 aromatic heterocycles. The van der Waals surface area contributed by atoms with Crippen molar-refractivity contribution in [3.05, 3.63) is 58.3 Å². The third-order valence-electron chi connectivity index (χ3n) is 5.81. The number of β-lactam (4-membered cyclic amide) rings is 1. The minimum absolute atomic E-state index is 0.0959. The van der Waals surface area contributed by atoms with Crippen LogP contribution in [0.25, 0.3) is 0 Å². The Morgan fingerprint density at radius 3 is 2.38 bits per heavy atom. The number of hydrogen-bond donors (Lipinski definition) is 0. The van der Waals surface area contributed by atoms with Crippen LogP contribution in [0.4, 0.5) is 0 Å². The SMILES string of the molecule is CC(C)N1C(=O)C2(CCN(C(=O)c3cccs3)CC2)C1c1ccccc1. The molecule has 4 rings (SSSR count). The van der Waals surface area contributed by atoms with E-state index in [1.807, 2.05) is 45.5 Å². The minimum Gasteiger partial charge on any atom is -0.338 e. The molecule has 26 heavy (non-hydrogen) atoms. The van der Waals surface area contributed by atoms with Crippen molar-refractivity contribution in [3.63, 3.8) is 0 Å². The van der Waals surface area contributed by atoms with Gasteiger partial charge < -0.3 is 9.80 Å². The largest absolute Gasteiger partial charge is 0.338 e. The number of rotatable bonds is 3. The van der Waals surface area contributed by atoms with E-state index in [0.29, 0.717) is 13.1 Å². The predicted octanol–water partition coefficient (Wildman–Crippen LogP) is 3.96. The third kappa shape index (κ3) is 2.57. The van der Waals surface area contributed by atoms with E-state index >= 15 is 0 Å². The van der Waals surface area contributed by atoms with Gasteiger partial charge in [-0.05, 0) is 43.7 Å². The molecule has 136 valence electrons. The molecule has 0 N–H and O–H groups in total. The summed E-state index contributed by atoms with van der Waals surface area (Å²) in [5.41, 5.74) is 0.858. The lowest BCUT2D eigenvalue weighted by atomic mass is 9.61. The Morgan fingerprint density at radius 2 is 1.81 bits per heavy atom. The Morgan fingerprint density at radius 1 is 1.12 bits per heavy atom. The fraction of sp³-hybridized carbons (Fsp3) is 0.429. The summed E-state index contributed by atoms with van der Waals surface area (Å²) < 4.78 is 0. The van der Waals surface area contributed by atoms with E-state index in [-0.39, 0.29) is 29.3 Å². The van der Waals surface area contributed by atoms with Crippen LogP contribution in [0.5, 0.6) is 0 Å². The van der Waals surface area contributed by atoms with Crippen LogP contribution in [0.1, 0.15) is 48.0 Å². The Hall–Kier alpha value is -2.14. The van der Waals surface area contributed by atoms with Crippen LogP contribution in [0.2, 0.25) is 0 Å². The van der Waals surface area contributed by atoms with Crippen LogP contribution < -0.4 is 0 Å². The number of nitrogens with zero attached hydrogens (tertiary/aromatic N) is 2. The molecule has 1 spiro atoms. The van der Waals surface area contributed by atoms with E-state index in [1.165, 1.54) is 16.9 Å². The molecule has 2 aromatic rings. The summed E-state index contributed by atoms with van der Waals surface area (Å²) in [5, 5.41) is 1.93. The number of hydrogen-bond acceptors (Lipinski definition) is 3. The highest BCUT2D eigenvalue weighted by Crippen LogP contribution is 2.56. The first-order chi connectivity index (χ1) is 12.5. The smallest absolute Gasteiger partial charge is 0.263 e. The zero-order chi connectivity index (χ0) is 18.3. The van der Waals surface area contributed by atoms with Gasteiger partial charge in [-0.15, -0.1) is 11.3 Å². The zero-order valence-corrected chi connectivity index (χ0v) is 16.0. The van der Waals surface area contributed by atoms with Crippen molar-refractivity contribution < 1.29 is 9.59 Å². The number of likely N-dealkylation sites (tertiary alicyclic amines) is 2. The first-order valence-corrected chi connectivity index (χ1v) is 10.1. The molecule has 1 aromatic carbocycles.